The zero-order chi connectivity index (χ0) is 15.8. The van der Waals surface area contributed by atoms with Gasteiger partial charge in [-0.3, -0.25) is 4.98 Å². The zero-order valence-electron chi connectivity index (χ0n) is 13.3. The number of rotatable bonds is 2. The third-order valence-electron chi connectivity index (χ3n) is 5.17. The molecule has 2 aliphatic rings. The molecule has 4 rings (SSSR count). The van der Waals surface area contributed by atoms with Crippen molar-refractivity contribution in [1.82, 2.24) is 15.2 Å². The summed E-state index contributed by atoms with van der Waals surface area (Å²) >= 11 is 0. The SMILES string of the molecule is CC(NC(=O)N1CCC2Cc3ccncc3C21)c1ccccc1. The Hall–Kier alpha value is -2.36. The summed E-state index contributed by atoms with van der Waals surface area (Å²) in [6.07, 6.45) is 5.93. The first-order valence-corrected chi connectivity index (χ1v) is 8.29. The topological polar surface area (TPSA) is 45.2 Å². The first-order chi connectivity index (χ1) is 11.2. The van der Waals surface area contributed by atoms with Gasteiger partial charge in [0.25, 0.3) is 0 Å². The monoisotopic (exact) mass is 307 g/mol. The van der Waals surface area contributed by atoms with Gasteiger partial charge in [-0.15, -0.1) is 0 Å². The highest BCUT2D eigenvalue weighted by atomic mass is 16.2. The average molecular weight is 307 g/mol. The maximum absolute atomic E-state index is 12.8. The molecule has 0 radical (unpaired) electrons. The number of pyridine rings is 1. The van der Waals surface area contributed by atoms with E-state index < -0.39 is 0 Å². The fourth-order valence-corrected chi connectivity index (χ4v) is 3.98. The van der Waals surface area contributed by atoms with Crippen molar-refractivity contribution >= 4 is 6.03 Å². The highest BCUT2D eigenvalue weighted by molar-refractivity contribution is 5.76. The van der Waals surface area contributed by atoms with Gasteiger partial charge in [0.05, 0.1) is 12.1 Å². The van der Waals surface area contributed by atoms with Crippen molar-refractivity contribution in [2.24, 2.45) is 5.92 Å². The summed E-state index contributed by atoms with van der Waals surface area (Å²) < 4.78 is 0. The van der Waals surface area contributed by atoms with Crippen LogP contribution in [0.4, 0.5) is 4.79 Å². The maximum Gasteiger partial charge on any atom is 0.318 e. The Morgan fingerprint density at radius 2 is 2.13 bits per heavy atom. The second-order valence-electron chi connectivity index (χ2n) is 6.55. The average Bonchev–Trinajstić information content (AvgIpc) is 3.14. The molecule has 3 unspecified atom stereocenters. The maximum atomic E-state index is 12.8. The number of fused-ring (bicyclic) bond motifs is 3. The van der Waals surface area contributed by atoms with Crippen LogP contribution in [0.3, 0.4) is 0 Å². The van der Waals surface area contributed by atoms with Crippen LogP contribution in [0.5, 0.6) is 0 Å². The van der Waals surface area contributed by atoms with Crippen LogP contribution in [0.15, 0.2) is 48.8 Å². The van der Waals surface area contributed by atoms with E-state index in [1.165, 1.54) is 11.1 Å². The lowest BCUT2D eigenvalue weighted by Gasteiger charge is -2.27. The largest absolute Gasteiger partial charge is 0.331 e. The van der Waals surface area contributed by atoms with Crippen LogP contribution in [0.25, 0.3) is 0 Å². The van der Waals surface area contributed by atoms with Crippen molar-refractivity contribution < 1.29 is 4.79 Å². The van der Waals surface area contributed by atoms with Gasteiger partial charge in [-0.05, 0) is 48.4 Å². The number of benzene rings is 1. The minimum Gasteiger partial charge on any atom is -0.331 e. The van der Waals surface area contributed by atoms with Crippen LogP contribution in [-0.2, 0) is 6.42 Å². The van der Waals surface area contributed by atoms with E-state index in [0.717, 1.165) is 24.9 Å². The van der Waals surface area contributed by atoms with E-state index in [-0.39, 0.29) is 18.1 Å². The lowest BCUT2D eigenvalue weighted by atomic mass is 10.0. The number of urea groups is 1. The van der Waals surface area contributed by atoms with Crippen LogP contribution in [0.1, 0.15) is 42.1 Å². The van der Waals surface area contributed by atoms with E-state index in [4.69, 9.17) is 0 Å². The molecule has 0 spiro atoms. The summed E-state index contributed by atoms with van der Waals surface area (Å²) in [5.74, 6) is 0.548. The van der Waals surface area contributed by atoms with E-state index in [0.29, 0.717) is 5.92 Å². The first kappa shape index (κ1) is 14.2. The van der Waals surface area contributed by atoms with Crippen molar-refractivity contribution in [2.45, 2.75) is 31.8 Å². The van der Waals surface area contributed by atoms with Gasteiger partial charge in [0.15, 0.2) is 0 Å². The quantitative estimate of drug-likeness (QED) is 0.923. The minimum atomic E-state index is 0.0116. The molecule has 23 heavy (non-hydrogen) atoms. The molecule has 1 aliphatic heterocycles. The van der Waals surface area contributed by atoms with E-state index in [9.17, 15) is 4.79 Å². The minimum absolute atomic E-state index is 0.0116. The number of carbonyl (C=O) groups is 1. The molecule has 1 aromatic carbocycles. The Bertz CT molecular complexity index is 716. The van der Waals surface area contributed by atoms with Crippen molar-refractivity contribution in [1.29, 1.82) is 0 Å². The van der Waals surface area contributed by atoms with E-state index in [1.54, 1.807) is 0 Å². The van der Waals surface area contributed by atoms with Gasteiger partial charge in [0, 0.05) is 18.9 Å². The van der Waals surface area contributed by atoms with Gasteiger partial charge >= 0.3 is 6.03 Å². The predicted molar refractivity (Wildman–Crippen MR) is 88.9 cm³/mol. The molecule has 0 bridgehead atoms. The van der Waals surface area contributed by atoms with Gasteiger partial charge in [0.1, 0.15) is 0 Å². The third-order valence-corrected chi connectivity index (χ3v) is 5.17. The van der Waals surface area contributed by atoms with Gasteiger partial charge in [-0.1, -0.05) is 30.3 Å². The van der Waals surface area contributed by atoms with Crippen LogP contribution >= 0.6 is 0 Å². The smallest absolute Gasteiger partial charge is 0.318 e. The van der Waals surface area contributed by atoms with Crippen LogP contribution in [0, 0.1) is 5.92 Å². The van der Waals surface area contributed by atoms with Crippen molar-refractivity contribution in [3.05, 3.63) is 65.5 Å². The second-order valence-corrected chi connectivity index (χ2v) is 6.55. The number of nitrogens with zero attached hydrogens (tertiary/aromatic N) is 2. The molecule has 2 heterocycles. The van der Waals surface area contributed by atoms with Gasteiger partial charge in [-0.2, -0.15) is 0 Å². The van der Waals surface area contributed by atoms with E-state index >= 15 is 0 Å². The number of nitrogens with one attached hydrogen (secondary N) is 1. The molecule has 1 saturated heterocycles. The molecule has 3 atom stereocenters. The van der Waals surface area contributed by atoms with Crippen LogP contribution in [-0.4, -0.2) is 22.5 Å². The first-order valence-electron chi connectivity index (χ1n) is 8.29. The second kappa shape index (κ2) is 5.69. The van der Waals surface area contributed by atoms with Crippen molar-refractivity contribution in [3.8, 4) is 0 Å². The number of likely N-dealkylation sites (tertiary alicyclic amines) is 1. The number of aromatic nitrogens is 1. The summed E-state index contributed by atoms with van der Waals surface area (Å²) in [6.45, 7) is 2.86. The molecule has 4 nitrogen and oxygen atoms in total. The van der Waals surface area contributed by atoms with Gasteiger partial charge < -0.3 is 10.2 Å². The number of hydrogen-bond acceptors (Lipinski definition) is 2. The lowest BCUT2D eigenvalue weighted by molar-refractivity contribution is 0.185. The molecule has 1 N–H and O–H groups in total. The van der Waals surface area contributed by atoms with Crippen LogP contribution in [0.2, 0.25) is 0 Å². The lowest BCUT2D eigenvalue weighted by Crippen LogP contribution is -2.40. The fraction of sp³-hybridized carbons (Fsp3) is 0.368. The number of hydrogen-bond donors (Lipinski definition) is 1. The molecule has 1 fully saturated rings. The molecule has 1 aliphatic carbocycles. The molecule has 1 aromatic heterocycles. The summed E-state index contributed by atoms with van der Waals surface area (Å²) in [5.41, 5.74) is 3.71. The normalized spacial score (nSPS) is 23.3. The molecule has 0 saturated carbocycles. The van der Waals surface area contributed by atoms with E-state index in [1.807, 2.05) is 54.5 Å². The highest BCUT2D eigenvalue weighted by Gasteiger charge is 2.43. The summed E-state index contributed by atoms with van der Waals surface area (Å²) in [7, 11) is 0. The molecule has 4 heteroatoms. The fourth-order valence-electron chi connectivity index (χ4n) is 3.98. The molecule has 2 amide bonds. The van der Waals surface area contributed by atoms with Crippen molar-refractivity contribution in [2.75, 3.05) is 6.54 Å². The molecular formula is C19H21N3O. The molecular weight excluding hydrogens is 286 g/mol. The Morgan fingerprint density at radius 3 is 2.96 bits per heavy atom. The van der Waals surface area contributed by atoms with Gasteiger partial charge in [0.2, 0.25) is 0 Å². The van der Waals surface area contributed by atoms with E-state index in [2.05, 4.69) is 16.4 Å². The summed E-state index contributed by atoms with van der Waals surface area (Å²) in [6, 6.07) is 12.4. The van der Waals surface area contributed by atoms with Crippen molar-refractivity contribution in [3.63, 3.8) is 0 Å². The Labute approximate surface area is 136 Å². The standard InChI is InChI=1S/C19H21N3O/c1-13(14-5-3-2-4-6-14)21-19(23)22-10-8-16-11-15-7-9-20-12-17(15)18(16)22/h2-7,9,12-13,16,18H,8,10-11H2,1H3,(H,21,23). The Kier molecular flexibility index (Phi) is 3.52. The van der Waals surface area contributed by atoms with Gasteiger partial charge in [-0.25, -0.2) is 4.79 Å². The number of amides is 2. The molecule has 2 aromatic rings. The highest BCUT2D eigenvalue weighted by Crippen LogP contribution is 2.46. The van der Waals surface area contributed by atoms with Crippen LogP contribution < -0.4 is 5.32 Å². The number of carbonyl (C=O) groups excluding carboxylic acids is 1. The Morgan fingerprint density at radius 1 is 1.30 bits per heavy atom. The summed E-state index contributed by atoms with van der Waals surface area (Å²) in [5, 5.41) is 3.15. The Balaban J connectivity index is 1.51. The zero-order valence-corrected chi connectivity index (χ0v) is 13.3. The summed E-state index contributed by atoms with van der Waals surface area (Å²) in [4.78, 5) is 19.0. The molecule has 118 valence electrons. The third kappa shape index (κ3) is 2.48. The predicted octanol–water partition coefficient (Wildman–Crippen LogP) is 3.47.